The summed E-state index contributed by atoms with van der Waals surface area (Å²) in [6.45, 7) is 8.32. The number of esters is 2. The molecule has 1 N–H and O–H groups in total. The Labute approximate surface area is 245 Å². The fourth-order valence-electron chi connectivity index (χ4n) is 5.88. The van der Waals surface area contributed by atoms with E-state index < -0.39 is 23.9 Å². The van der Waals surface area contributed by atoms with Crippen molar-refractivity contribution in [3.05, 3.63) is 57.1 Å². The summed E-state index contributed by atoms with van der Waals surface area (Å²) in [6, 6.07) is 7.59. The van der Waals surface area contributed by atoms with E-state index in [-0.39, 0.29) is 6.61 Å². The number of thiophene rings is 1. The van der Waals surface area contributed by atoms with Crippen molar-refractivity contribution in [2.75, 3.05) is 25.0 Å². The number of benzene rings is 1. The van der Waals surface area contributed by atoms with Crippen molar-refractivity contribution in [2.24, 2.45) is 0 Å². The summed E-state index contributed by atoms with van der Waals surface area (Å²) in [4.78, 5) is 48.7. The largest absolute Gasteiger partial charge is 0.462 e. The van der Waals surface area contributed by atoms with Gasteiger partial charge in [-0.05, 0) is 57.2 Å². The molecular weight excluding hydrogens is 538 g/mol. The number of carbonyl (C=O) groups excluding carboxylic acids is 3. The first-order valence-electron chi connectivity index (χ1n) is 14.9. The van der Waals surface area contributed by atoms with Gasteiger partial charge in [0, 0.05) is 41.0 Å². The fraction of sp³-hybridized carbons (Fsp3) is 0.500. The highest BCUT2D eigenvalue weighted by Crippen LogP contribution is 2.38. The topological polar surface area (TPSA) is 97.8 Å². The molecule has 9 heteroatoms. The Balaban J connectivity index is 1.43. The predicted octanol–water partition coefficient (Wildman–Crippen LogP) is 6.08. The second kappa shape index (κ2) is 13.1. The molecule has 3 aromatic rings. The molecule has 1 aliphatic carbocycles. The number of aromatic nitrogens is 1. The Bertz CT molecular complexity index is 1450. The molecule has 2 aliphatic rings. The zero-order chi connectivity index (χ0) is 28.9. The van der Waals surface area contributed by atoms with Gasteiger partial charge in [-0.2, -0.15) is 0 Å². The number of nitrogens with zero attached hydrogens (tertiary/aromatic N) is 2. The van der Waals surface area contributed by atoms with Crippen LogP contribution >= 0.6 is 11.3 Å². The van der Waals surface area contributed by atoms with E-state index in [2.05, 4.69) is 17.1 Å². The molecule has 1 amide bonds. The van der Waals surface area contributed by atoms with Crippen LogP contribution in [0.15, 0.2) is 24.3 Å². The second-order valence-corrected chi connectivity index (χ2v) is 11.8. The standard InChI is InChI=1S/C32H39N3O5S/c1-4-25(29(36)34-30-28(31(37)39-6-3)21-14-9-7-8-10-16-26(21)41-30)40-32(38)27-20-13-11-12-15-23(20)33-24-17-18-35(5-2)19-22(24)27/h11-13,15,25H,4-10,14,16-19H2,1-3H3,(H,34,36). The van der Waals surface area contributed by atoms with E-state index >= 15 is 0 Å². The average Bonchev–Trinajstić information content (AvgIpc) is 3.29. The SMILES string of the molecule is CCOC(=O)c1c(NC(=O)C(CC)OC(=O)c2c3c(nc4ccccc24)CCN(CC)C3)sc2c1CCCCCC2. The van der Waals surface area contributed by atoms with Gasteiger partial charge in [-0.3, -0.25) is 14.7 Å². The number of hydrogen-bond acceptors (Lipinski definition) is 8. The van der Waals surface area contributed by atoms with Crippen LogP contribution in [0, 0.1) is 0 Å². The summed E-state index contributed by atoms with van der Waals surface area (Å²) < 4.78 is 11.3. The van der Waals surface area contributed by atoms with Crippen molar-refractivity contribution in [2.45, 2.75) is 84.8 Å². The third-order valence-electron chi connectivity index (χ3n) is 8.08. The van der Waals surface area contributed by atoms with E-state index in [9.17, 15) is 14.4 Å². The molecule has 3 heterocycles. The van der Waals surface area contributed by atoms with Crippen molar-refractivity contribution in [3.63, 3.8) is 0 Å². The number of nitrogens with one attached hydrogen (secondary N) is 1. The fourth-order valence-corrected chi connectivity index (χ4v) is 7.16. The molecule has 0 saturated heterocycles. The summed E-state index contributed by atoms with van der Waals surface area (Å²) in [5, 5.41) is 4.17. The number of rotatable bonds is 8. The number of amides is 1. The number of anilines is 1. The van der Waals surface area contributed by atoms with Gasteiger partial charge in [-0.25, -0.2) is 9.59 Å². The van der Waals surface area contributed by atoms with E-state index in [0.717, 1.165) is 90.6 Å². The van der Waals surface area contributed by atoms with Gasteiger partial charge in [-0.1, -0.05) is 44.9 Å². The molecule has 218 valence electrons. The van der Waals surface area contributed by atoms with Gasteiger partial charge >= 0.3 is 11.9 Å². The van der Waals surface area contributed by atoms with Crippen molar-refractivity contribution in [3.8, 4) is 0 Å². The first-order valence-corrected chi connectivity index (χ1v) is 15.7. The van der Waals surface area contributed by atoms with E-state index in [4.69, 9.17) is 14.5 Å². The van der Waals surface area contributed by atoms with Gasteiger partial charge in [0.05, 0.1) is 23.3 Å². The zero-order valence-electron chi connectivity index (χ0n) is 24.2. The number of ether oxygens (including phenoxy) is 2. The maximum atomic E-state index is 13.8. The van der Waals surface area contributed by atoms with Crippen LogP contribution in [0.4, 0.5) is 5.00 Å². The molecule has 8 nitrogen and oxygen atoms in total. The highest BCUT2D eigenvalue weighted by atomic mass is 32.1. The first-order chi connectivity index (χ1) is 19.9. The van der Waals surface area contributed by atoms with Crippen LogP contribution in [0.25, 0.3) is 10.9 Å². The van der Waals surface area contributed by atoms with Crippen LogP contribution in [0.3, 0.4) is 0 Å². The molecule has 0 saturated carbocycles. The quantitative estimate of drug-likeness (QED) is 0.324. The summed E-state index contributed by atoms with van der Waals surface area (Å²) in [7, 11) is 0. The van der Waals surface area contributed by atoms with Crippen LogP contribution in [0.2, 0.25) is 0 Å². The smallest absolute Gasteiger partial charge is 0.341 e. The van der Waals surface area contributed by atoms with Gasteiger partial charge in [0.2, 0.25) is 0 Å². The molecule has 41 heavy (non-hydrogen) atoms. The van der Waals surface area contributed by atoms with Gasteiger partial charge in [0.15, 0.2) is 6.10 Å². The Morgan fingerprint density at radius 3 is 2.51 bits per heavy atom. The summed E-state index contributed by atoms with van der Waals surface area (Å²) in [6.07, 6.45) is 6.03. The Kier molecular flexibility index (Phi) is 9.35. The van der Waals surface area contributed by atoms with Crippen LogP contribution in [-0.2, 0) is 40.1 Å². The highest BCUT2D eigenvalue weighted by molar-refractivity contribution is 7.17. The third-order valence-corrected chi connectivity index (χ3v) is 9.28. The number of pyridine rings is 1. The minimum atomic E-state index is -1.02. The van der Waals surface area contributed by atoms with Crippen LogP contribution in [0.1, 0.15) is 95.3 Å². The molecule has 1 aromatic carbocycles. The van der Waals surface area contributed by atoms with Crippen LogP contribution < -0.4 is 5.32 Å². The number of hydrogen-bond donors (Lipinski definition) is 1. The summed E-state index contributed by atoms with van der Waals surface area (Å²) in [5.41, 5.74) is 4.46. The Morgan fingerprint density at radius 2 is 1.76 bits per heavy atom. The molecule has 0 bridgehead atoms. The Morgan fingerprint density at radius 1 is 0.976 bits per heavy atom. The lowest BCUT2D eigenvalue weighted by Crippen LogP contribution is -2.35. The molecule has 1 atom stereocenters. The first kappa shape index (κ1) is 29.2. The van der Waals surface area contributed by atoms with Gasteiger partial charge in [0.1, 0.15) is 5.00 Å². The molecule has 5 rings (SSSR count). The third kappa shape index (κ3) is 6.16. The number of carbonyl (C=O) groups is 3. The lowest BCUT2D eigenvalue weighted by atomic mass is 9.95. The van der Waals surface area contributed by atoms with E-state index in [1.807, 2.05) is 31.2 Å². The molecule has 1 unspecified atom stereocenters. The van der Waals surface area contributed by atoms with Crippen molar-refractivity contribution >= 4 is 45.1 Å². The van der Waals surface area contributed by atoms with Crippen molar-refractivity contribution < 1.29 is 23.9 Å². The van der Waals surface area contributed by atoms with E-state index in [0.29, 0.717) is 29.1 Å². The number of fused-ring (bicyclic) bond motifs is 3. The van der Waals surface area contributed by atoms with Crippen molar-refractivity contribution in [1.29, 1.82) is 0 Å². The minimum Gasteiger partial charge on any atom is -0.462 e. The van der Waals surface area contributed by atoms with Gasteiger partial charge in [0.25, 0.3) is 5.91 Å². The van der Waals surface area contributed by atoms with E-state index in [1.54, 1.807) is 6.92 Å². The zero-order valence-corrected chi connectivity index (χ0v) is 25.0. The average molecular weight is 578 g/mol. The van der Waals surface area contributed by atoms with E-state index in [1.165, 1.54) is 11.3 Å². The maximum Gasteiger partial charge on any atom is 0.341 e. The lowest BCUT2D eigenvalue weighted by molar-refractivity contribution is -0.124. The number of aryl methyl sites for hydroxylation is 1. The predicted molar refractivity (Wildman–Crippen MR) is 161 cm³/mol. The lowest BCUT2D eigenvalue weighted by Gasteiger charge is -2.29. The molecule has 0 radical (unpaired) electrons. The highest BCUT2D eigenvalue weighted by Gasteiger charge is 2.31. The second-order valence-electron chi connectivity index (χ2n) is 10.7. The normalized spacial score (nSPS) is 16.2. The summed E-state index contributed by atoms with van der Waals surface area (Å²) in [5.74, 6) is -1.38. The number of likely N-dealkylation sites (N-methyl/N-ethyl adjacent to an activating group) is 1. The Hall–Kier alpha value is -3.30. The van der Waals surface area contributed by atoms with Crippen LogP contribution in [-0.4, -0.2) is 53.5 Å². The molecule has 2 aromatic heterocycles. The van der Waals surface area contributed by atoms with Crippen LogP contribution in [0.5, 0.6) is 0 Å². The molecule has 0 fully saturated rings. The molecule has 1 aliphatic heterocycles. The monoisotopic (exact) mass is 577 g/mol. The molecular formula is C32H39N3O5S. The van der Waals surface area contributed by atoms with Gasteiger partial charge in [-0.15, -0.1) is 11.3 Å². The van der Waals surface area contributed by atoms with Gasteiger partial charge < -0.3 is 14.8 Å². The minimum absolute atomic E-state index is 0.256. The molecule has 0 spiro atoms. The maximum absolute atomic E-state index is 13.8. The van der Waals surface area contributed by atoms with Crippen molar-refractivity contribution in [1.82, 2.24) is 9.88 Å². The summed E-state index contributed by atoms with van der Waals surface area (Å²) >= 11 is 1.45. The number of para-hydroxylation sites is 1.